The minimum atomic E-state index is -0.635. The SMILES string of the molecule is COc1ccccc1NC(=O)N1CCC2(C1)C(=O)N(C)c1ccccc12. The van der Waals surface area contributed by atoms with Gasteiger partial charge in [-0.1, -0.05) is 30.3 Å². The molecule has 2 heterocycles. The summed E-state index contributed by atoms with van der Waals surface area (Å²) in [6.07, 6.45) is 0.631. The zero-order valence-electron chi connectivity index (χ0n) is 14.9. The number of likely N-dealkylation sites (tertiary alicyclic amines) is 1. The summed E-state index contributed by atoms with van der Waals surface area (Å²) in [5.41, 5.74) is 1.93. The van der Waals surface area contributed by atoms with Crippen molar-refractivity contribution in [3.63, 3.8) is 0 Å². The van der Waals surface area contributed by atoms with Gasteiger partial charge in [0.15, 0.2) is 0 Å². The average Bonchev–Trinajstić information content (AvgIpc) is 3.21. The molecule has 1 fully saturated rings. The predicted molar refractivity (Wildman–Crippen MR) is 99.7 cm³/mol. The van der Waals surface area contributed by atoms with Crippen LogP contribution in [0.5, 0.6) is 5.75 Å². The van der Waals surface area contributed by atoms with Crippen molar-refractivity contribution in [2.45, 2.75) is 11.8 Å². The van der Waals surface area contributed by atoms with E-state index in [2.05, 4.69) is 5.32 Å². The van der Waals surface area contributed by atoms with Crippen molar-refractivity contribution in [2.24, 2.45) is 0 Å². The van der Waals surface area contributed by atoms with Gasteiger partial charge in [0, 0.05) is 25.8 Å². The van der Waals surface area contributed by atoms with E-state index in [0.717, 1.165) is 11.3 Å². The second kappa shape index (κ2) is 6.05. The molecule has 1 saturated heterocycles. The average molecular weight is 351 g/mol. The highest BCUT2D eigenvalue weighted by Crippen LogP contribution is 2.46. The summed E-state index contributed by atoms with van der Waals surface area (Å²) in [6.45, 7) is 0.920. The Morgan fingerprint density at radius 3 is 2.69 bits per heavy atom. The van der Waals surface area contributed by atoms with Crippen LogP contribution in [0.2, 0.25) is 0 Å². The van der Waals surface area contributed by atoms with Crippen molar-refractivity contribution in [2.75, 3.05) is 37.5 Å². The molecule has 3 amide bonds. The first-order chi connectivity index (χ1) is 12.6. The van der Waals surface area contributed by atoms with Crippen LogP contribution in [0.25, 0.3) is 0 Å². The van der Waals surface area contributed by atoms with Crippen molar-refractivity contribution in [3.05, 3.63) is 54.1 Å². The Morgan fingerprint density at radius 1 is 1.15 bits per heavy atom. The number of hydrogen-bond donors (Lipinski definition) is 1. The highest BCUT2D eigenvalue weighted by molar-refractivity contribution is 6.08. The molecule has 0 aliphatic carbocycles. The molecule has 4 rings (SSSR count). The van der Waals surface area contributed by atoms with Crippen LogP contribution < -0.4 is 15.0 Å². The van der Waals surface area contributed by atoms with E-state index in [4.69, 9.17) is 4.74 Å². The third-order valence-corrected chi connectivity index (χ3v) is 5.40. The van der Waals surface area contributed by atoms with Crippen LogP contribution in [-0.2, 0) is 10.2 Å². The maximum absolute atomic E-state index is 13.0. The molecule has 1 unspecified atom stereocenters. The van der Waals surface area contributed by atoms with E-state index in [1.807, 2.05) is 36.4 Å². The molecule has 0 radical (unpaired) electrons. The molecule has 2 aromatic rings. The summed E-state index contributed by atoms with van der Waals surface area (Å²) in [5.74, 6) is 0.670. The van der Waals surface area contributed by atoms with Gasteiger partial charge in [-0.25, -0.2) is 4.79 Å². The number of anilines is 2. The molecule has 2 aliphatic rings. The van der Waals surface area contributed by atoms with E-state index in [-0.39, 0.29) is 11.9 Å². The van der Waals surface area contributed by atoms with E-state index < -0.39 is 5.41 Å². The van der Waals surface area contributed by atoms with Gasteiger partial charge in [-0.3, -0.25) is 4.79 Å². The quantitative estimate of drug-likeness (QED) is 0.905. The van der Waals surface area contributed by atoms with E-state index >= 15 is 0 Å². The van der Waals surface area contributed by atoms with Crippen molar-refractivity contribution in [1.29, 1.82) is 0 Å². The molecule has 1 atom stereocenters. The number of ether oxygens (including phenoxy) is 1. The highest BCUT2D eigenvalue weighted by Gasteiger charge is 2.54. The van der Waals surface area contributed by atoms with Crippen molar-refractivity contribution in [1.82, 2.24) is 4.90 Å². The van der Waals surface area contributed by atoms with Gasteiger partial charge in [-0.15, -0.1) is 0 Å². The molecule has 2 aromatic carbocycles. The van der Waals surface area contributed by atoms with Crippen LogP contribution in [0.1, 0.15) is 12.0 Å². The van der Waals surface area contributed by atoms with Gasteiger partial charge >= 0.3 is 6.03 Å². The van der Waals surface area contributed by atoms with E-state index in [0.29, 0.717) is 30.9 Å². The van der Waals surface area contributed by atoms with Gasteiger partial charge in [0.05, 0.1) is 18.2 Å². The number of urea groups is 1. The van der Waals surface area contributed by atoms with Crippen molar-refractivity contribution in [3.8, 4) is 5.75 Å². The monoisotopic (exact) mass is 351 g/mol. The third kappa shape index (κ3) is 2.33. The molecule has 26 heavy (non-hydrogen) atoms. The van der Waals surface area contributed by atoms with E-state index in [1.165, 1.54) is 0 Å². The summed E-state index contributed by atoms with van der Waals surface area (Å²) in [5, 5.41) is 2.90. The maximum atomic E-state index is 13.0. The van der Waals surface area contributed by atoms with Crippen LogP contribution in [0.4, 0.5) is 16.2 Å². The zero-order valence-corrected chi connectivity index (χ0v) is 14.9. The van der Waals surface area contributed by atoms with Gasteiger partial charge < -0.3 is 19.9 Å². The van der Waals surface area contributed by atoms with E-state index in [9.17, 15) is 9.59 Å². The number of fused-ring (bicyclic) bond motifs is 2. The van der Waals surface area contributed by atoms with Gasteiger partial charge in [0.2, 0.25) is 5.91 Å². The van der Waals surface area contributed by atoms with E-state index in [1.54, 1.807) is 36.1 Å². The fourth-order valence-electron chi connectivity index (χ4n) is 4.04. The summed E-state index contributed by atoms with van der Waals surface area (Å²) < 4.78 is 5.29. The van der Waals surface area contributed by atoms with Crippen LogP contribution in [0.15, 0.2) is 48.5 Å². The Bertz CT molecular complexity index is 882. The molecule has 1 N–H and O–H groups in total. The fourth-order valence-corrected chi connectivity index (χ4v) is 4.04. The number of carbonyl (C=O) groups excluding carboxylic acids is 2. The summed E-state index contributed by atoms with van der Waals surface area (Å²) in [4.78, 5) is 29.1. The summed E-state index contributed by atoms with van der Waals surface area (Å²) in [7, 11) is 3.37. The number of methoxy groups -OCH3 is 1. The normalized spacial score (nSPS) is 21.2. The van der Waals surface area contributed by atoms with Crippen molar-refractivity contribution < 1.29 is 14.3 Å². The Hall–Kier alpha value is -3.02. The molecule has 0 aromatic heterocycles. The number of para-hydroxylation sites is 3. The minimum absolute atomic E-state index is 0.0614. The van der Waals surface area contributed by atoms with Gasteiger partial charge in [-0.2, -0.15) is 0 Å². The largest absolute Gasteiger partial charge is 0.495 e. The number of likely N-dealkylation sites (N-methyl/N-ethyl adjacent to an activating group) is 1. The number of nitrogens with zero attached hydrogens (tertiary/aromatic N) is 2. The number of nitrogens with one attached hydrogen (secondary N) is 1. The molecule has 1 spiro atoms. The number of benzene rings is 2. The lowest BCUT2D eigenvalue weighted by molar-refractivity contribution is -0.122. The first-order valence-corrected chi connectivity index (χ1v) is 8.63. The molecule has 0 saturated carbocycles. The maximum Gasteiger partial charge on any atom is 0.321 e. The molecule has 0 bridgehead atoms. The lowest BCUT2D eigenvalue weighted by Crippen LogP contribution is -2.42. The fraction of sp³-hybridized carbons (Fsp3) is 0.300. The van der Waals surface area contributed by atoms with Gasteiger partial charge in [-0.05, 0) is 30.2 Å². The molecule has 134 valence electrons. The molecule has 2 aliphatic heterocycles. The van der Waals surface area contributed by atoms with Crippen LogP contribution >= 0.6 is 0 Å². The number of carbonyl (C=O) groups is 2. The highest BCUT2D eigenvalue weighted by atomic mass is 16.5. The lowest BCUT2D eigenvalue weighted by atomic mass is 9.81. The van der Waals surface area contributed by atoms with Gasteiger partial charge in [0.25, 0.3) is 0 Å². The zero-order chi connectivity index (χ0) is 18.3. The second-order valence-corrected chi connectivity index (χ2v) is 6.77. The van der Waals surface area contributed by atoms with Crippen LogP contribution in [0, 0.1) is 0 Å². The second-order valence-electron chi connectivity index (χ2n) is 6.77. The number of hydrogen-bond acceptors (Lipinski definition) is 3. The molecule has 6 heteroatoms. The van der Waals surface area contributed by atoms with Gasteiger partial charge in [0.1, 0.15) is 5.75 Å². The Morgan fingerprint density at radius 2 is 1.88 bits per heavy atom. The Balaban J connectivity index is 1.57. The lowest BCUT2D eigenvalue weighted by Gasteiger charge is -2.24. The van der Waals surface area contributed by atoms with Crippen LogP contribution in [-0.4, -0.2) is 44.1 Å². The smallest absolute Gasteiger partial charge is 0.321 e. The first-order valence-electron chi connectivity index (χ1n) is 8.63. The minimum Gasteiger partial charge on any atom is -0.495 e. The summed E-state index contributed by atoms with van der Waals surface area (Å²) >= 11 is 0. The molecular formula is C20H21N3O3. The molecule has 6 nitrogen and oxygen atoms in total. The topological polar surface area (TPSA) is 61.9 Å². The first kappa shape index (κ1) is 16.4. The predicted octanol–water partition coefficient (Wildman–Crippen LogP) is 2.85. The summed E-state index contributed by atoms with van der Waals surface area (Å²) in [6, 6.07) is 14.9. The number of rotatable bonds is 2. The standard InChI is InChI=1S/C20H21N3O3/c1-22-16-9-5-3-7-14(16)20(18(22)24)11-12-23(13-20)19(25)21-15-8-4-6-10-17(15)26-2/h3-10H,11-13H2,1-2H3,(H,21,25). The van der Waals surface area contributed by atoms with Crippen LogP contribution in [0.3, 0.4) is 0 Å². The number of amides is 3. The third-order valence-electron chi connectivity index (χ3n) is 5.40. The Labute approximate surface area is 152 Å². The Kier molecular flexibility index (Phi) is 3.83. The molecular weight excluding hydrogens is 330 g/mol. The van der Waals surface area contributed by atoms with Crippen molar-refractivity contribution >= 4 is 23.3 Å².